The summed E-state index contributed by atoms with van der Waals surface area (Å²) in [6, 6.07) is 78.2. The first-order valence-electron chi connectivity index (χ1n) is 21.7. The Morgan fingerprint density at radius 1 is 0.344 bits per heavy atom. The molecule has 12 rings (SSSR count). The van der Waals surface area contributed by atoms with Gasteiger partial charge in [0, 0.05) is 56.7 Å². The summed E-state index contributed by atoms with van der Waals surface area (Å²) in [5.74, 6) is 1.71. The highest BCUT2D eigenvalue weighted by Gasteiger charge is 2.20. The van der Waals surface area contributed by atoms with Crippen LogP contribution in [0.4, 0.5) is 0 Å². The summed E-state index contributed by atoms with van der Waals surface area (Å²) in [5, 5.41) is 5.05. The maximum atomic E-state index is 5.49. The maximum Gasteiger partial charge on any atom is 0.140 e. The zero-order chi connectivity index (χ0) is 42.7. The fourth-order valence-electron chi connectivity index (χ4n) is 9.68. The summed E-state index contributed by atoms with van der Waals surface area (Å²) in [6.07, 6.45) is 0. The second-order valence-electron chi connectivity index (χ2n) is 16.4. The van der Waals surface area contributed by atoms with Crippen LogP contribution in [0, 0.1) is 0 Å². The lowest BCUT2D eigenvalue weighted by Crippen LogP contribution is -1.96. The predicted molar refractivity (Wildman–Crippen MR) is 266 cm³/mol. The first-order valence-corrected chi connectivity index (χ1v) is 21.7. The summed E-state index contributed by atoms with van der Waals surface area (Å²) in [7, 11) is 3.80. The summed E-state index contributed by atoms with van der Waals surface area (Å²) in [5.41, 5.74) is 16.9. The highest BCUT2D eigenvalue weighted by atomic mass is 16.5. The number of nitrogens with zero attached hydrogens (tertiary/aromatic N) is 4. The van der Waals surface area contributed by atoms with Crippen LogP contribution in [0.2, 0.25) is 0 Å². The fraction of sp³-hybridized carbons (Fsp3) is 0.0339. The van der Waals surface area contributed by atoms with Crippen LogP contribution in [-0.2, 0) is 7.05 Å². The largest absolute Gasteiger partial charge is 0.497 e. The minimum Gasteiger partial charge on any atom is -0.497 e. The lowest BCUT2D eigenvalue weighted by Gasteiger charge is -2.12. The van der Waals surface area contributed by atoms with E-state index in [9.17, 15) is 0 Å². The highest BCUT2D eigenvalue weighted by Crippen LogP contribution is 2.39. The molecule has 3 heterocycles. The Labute approximate surface area is 371 Å². The van der Waals surface area contributed by atoms with Crippen LogP contribution in [0.15, 0.2) is 218 Å². The van der Waals surface area contributed by atoms with Gasteiger partial charge < -0.3 is 18.4 Å². The van der Waals surface area contributed by atoms with Crippen molar-refractivity contribution < 1.29 is 4.74 Å². The van der Waals surface area contributed by atoms with Gasteiger partial charge in [-0.3, -0.25) is 0 Å². The molecule has 3 aromatic heterocycles. The van der Waals surface area contributed by atoms with E-state index in [2.05, 4.69) is 227 Å². The van der Waals surface area contributed by atoms with Crippen LogP contribution >= 0.6 is 0 Å². The van der Waals surface area contributed by atoms with E-state index in [-0.39, 0.29) is 0 Å². The first-order chi connectivity index (χ1) is 31.6. The Morgan fingerprint density at radius 2 is 0.672 bits per heavy atom. The molecule has 9 aromatic carbocycles. The van der Waals surface area contributed by atoms with Gasteiger partial charge >= 0.3 is 0 Å². The quantitative estimate of drug-likeness (QED) is 0.153. The molecule has 304 valence electrons. The monoisotopic (exact) mass is 822 g/mol. The molecule has 0 aliphatic rings. The molecule has 64 heavy (non-hydrogen) atoms. The Bertz CT molecular complexity index is 3560. The molecule has 0 unspecified atom stereocenters. The van der Waals surface area contributed by atoms with Crippen LogP contribution < -0.4 is 4.74 Å². The molecule has 0 fully saturated rings. The molecule has 0 saturated carbocycles. The molecule has 0 aliphatic heterocycles. The molecule has 0 amide bonds. The van der Waals surface area contributed by atoms with Crippen molar-refractivity contribution in [3.05, 3.63) is 218 Å². The maximum absolute atomic E-state index is 5.49. The molecular formula is C59H42N4O. The van der Waals surface area contributed by atoms with Crippen molar-refractivity contribution in [1.29, 1.82) is 0 Å². The average molecular weight is 823 g/mol. The van der Waals surface area contributed by atoms with Gasteiger partial charge in [-0.05, 0) is 95.1 Å². The molecule has 0 spiro atoms. The molecule has 0 atom stereocenters. The van der Waals surface area contributed by atoms with Gasteiger partial charge in [0.05, 0.1) is 40.6 Å². The Kier molecular flexibility index (Phi) is 8.87. The van der Waals surface area contributed by atoms with E-state index in [1.165, 1.54) is 49.2 Å². The fourth-order valence-corrected chi connectivity index (χ4v) is 9.68. The van der Waals surface area contributed by atoms with Crippen LogP contribution in [0.5, 0.6) is 5.75 Å². The number of benzene rings is 9. The van der Waals surface area contributed by atoms with E-state index in [4.69, 9.17) is 9.72 Å². The Morgan fingerprint density at radius 3 is 1.06 bits per heavy atom. The second-order valence-corrected chi connectivity index (χ2v) is 16.4. The minimum atomic E-state index is 0.816. The molecule has 5 nitrogen and oxygen atoms in total. The molecule has 0 N–H and O–H groups in total. The van der Waals surface area contributed by atoms with Gasteiger partial charge in [-0.15, -0.1) is 0 Å². The van der Waals surface area contributed by atoms with Crippen LogP contribution in [0.25, 0.3) is 111 Å². The number of hydrogen-bond donors (Lipinski definition) is 0. The van der Waals surface area contributed by atoms with Gasteiger partial charge in [-0.2, -0.15) is 0 Å². The van der Waals surface area contributed by atoms with Gasteiger partial charge in [0.25, 0.3) is 0 Å². The van der Waals surface area contributed by atoms with Crippen molar-refractivity contribution >= 4 is 43.6 Å². The predicted octanol–water partition coefficient (Wildman–Crippen LogP) is 15.0. The number of ether oxygens (including phenoxy) is 1. The number of rotatable bonds is 8. The standard InChI is InChI=1S/C59H42N4O/c1-61-58(44-25-21-40(22-26-44)42-29-35-47(36-30-42)63-55-17-9-5-13-51(55)52-14-6-10-18-56(52)63)57(60-59(61)45-31-37-48(64-2)38-32-45)43-23-19-39(20-24-43)41-27-33-46(34-28-41)62-53-15-7-3-11-49(53)50-12-4-8-16-54(50)62/h3-38H,1-2H3. The van der Waals surface area contributed by atoms with E-state index < -0.39 is 0 Å². The van der Waals surface area contributed by atoms with Crippen LogP contribution in [0.1, 0.15) is 0 Å². The summed E-state index contributed by atoms with van der Waals surface area (Å²) < 4.78 is 12.4. The van der Waals surface area contributed by atoms with Crippen molar-refractivity contribution in [2.75, 3.05) is 7.11 Å². The zero-order valence-electron chi connectivity index (χ0n) is 35.5. The Hall–Kier alpha value is -8.41. The average Bonchev–Trinajstić information content (AvgIpc) is 4.01. The van der Waals surface area contributed by atoms with Gasteiger partial charge in [-0.1, -0.05) is 146 Å². The smallest absolute Gasteiger partial charge is 0.140 e. The normalized spacial score (nSPS) is 11.6. The Balaban J connectivity index is 0.876. The minimum absolute atomic E-state index is 0.816. The number of imidazole rings is 1. The highest BCUT2D eigenvalue weighted by molar-refractivity contribution is 6.10. The lowest BCUT2D eigenvalue weighted by atomic mass is 9.98. The van der Waals surface area contributed by atoms with Crippen LogP contribution in [-0.4, -0.2) is 25.8 Å². The number of aromatic nitrogens is 4. The van der Waals surface area contributed by atoms with E-state index in [0.29, 0.717) is 0 Å². The van der Waals surface area contributed by atoms with Crippen molar-refractivity contribution in [1.82, 2.24) is 18.7 Å². The van der Waals surface area contributed by atoms with Gasteiger partial charge in [-0.25, -0.2) is 4.98 Å². The number of para-hydroxylation sites is 4. The van der Waals surface area contributed by atoms with Gasteiger partial charge in [0.2, 0.25) is 0 Å². The molecule has 12 aromatic rings. The number of hydrogen-bond acceptors (Lipinski definition) is 2. The molecule has 0 radical (unpaired) electrons. The topological polar surface area (TPSA) is 36.9 Å². The zero-order valence-corrected chi connectivity index (χ0v) is 35.5. The third-order valence-electron chi connectivity index (χ3n) is 12.8. The summed E-state index contributed by atoms with van der Waals surface area (Å²) in [4.78, 5) is 5.35. The lowest BCUT2D eigenvalue weighted by molar-refractivity contribution is 0.415. The molecule has 5 heteroatoms. The molecule has 0 bridgehead atoms. The van der Waals surface area contributed by atoms with Crippen molar-refractivity contribution in [2.45, 2.75) is 0 Å². The SMILES string of the molecule is COc1ccc(-c2nc(-c3ccc(-c4ccc(-n5c6ccccc6c6ccccc65)cc4)cc3)c(-c3ccc(-c4ccc(-n5c6ccccc6c6ccccc65)cc4)cc3)n2C)cc1. The number of methoxy groups -OCH3 is 1. The summed E-state index contributed by atoms with van der Waals surface area (Å²) >= 11 is 0. The summed E-state index contributed by atoms with van der Waals surface area (Å²) in [6.45, 7) is 0. The van der Waals surface area contributed by atoms with Crippen molar-refractivity contribution in [2.24, 2.45) is 7.05 Å². The van der Waals surface area contributed by atoms with Crippen molar-refractivity contribution in [3.63, 3.8) is 0 Å². The third-order valence-corrected chi connectivity index (χ3v) is 12.8. The molecule has 0 saturated heterocycles. The van der Waals surface area contributed by atoms with Gasteiger partial charge in [0.15, 0.2) is 0 Å². The second kappa shape index (κ2) is 15.2. The van der Waals surface area contributed by atoms with E-state index >= 15 is 0 Å². The van der Waals surface area contributed by atoms with Crippen molar-refractivity contribution in [3.8, 4) is 73.3 Å². The van der Waals surface area contributed by atoms with Gasteiger partial charge in [0.1, 0.15) is 11.6 Å². The van der Waals surface area contributed by atoms with E-state index in [1.54, 1.807) is 7.11 Å². The molecule has 0 aliphatic carbocycles. The van der Waals surface area contributed by atoms with E-state index in [0.717, 1.165) is 67.7 Å². The molecular weight excluding hydrogens is 781 g/mol. The third kappa shape index (κ3) is 6.12. The van der Waals surface area contributed by atoms with Crippen LogP contribution in [0.3, 0.4) is 0 Å². The first kappa shape index (κ1) is 37.4. The van der Waals surface area contributed by atoms with E-state index in [1.807, 2.05) is 12.1 Å². The number of fused-ring (bicyclic) bond motifs is 6.